The lowest BCUT2D eigenvalue weighted by atomic mass is 9.87. The van der Waals surface area contributed by atoms with Gasteiger partial charge in [0.25, 0.3) is 0 Å². The van der Waals surface area contributed by atoms with Crippen molar-refractivity contribution in [3.8, 4) is 17.2 Å². The molecule has 0 radical (unpaired) electrons. The molecule has 9 nitrogen and oxygen atoms in total. The molecule has 9 heteroatoms. The summed E-state index contributed by atoms with van der Waals surface area (Å²) in [6.45, 7) is 0. The number of carbonyl (C=O) groups excluding carboxylic acids is 1. The molecule has 22 heavy (non-hydrogen) atoms. The van der Waals surface area contributed by atoms with Gasteiger partial charge in [-0.3, -0.25) is 0 Å². The van der Waals surface area contributed by atoms with E-state index in [0.717, 1.165) is 12.1 Å². The minimum Gasteiger partial charge on any atom is -0.504 e. The number of esters is 1. The van der Waals surface area contributed by atoms with Gasteiger partial charge in [-0.2, -0.15) is 0 Å². The molecule has 1 fully saturated rings. The lowest BCUT2D eigenvalue weighted by Gasteiger charge is -2.37. The van der Waals surface area contributed by atoms with E-state index in [1.807, 2.05) is 0 Å². The molecule has 0 amide bonds. The van der Waals surface area contributed by atoms with Crippen LogP contribution in [0.1, 0.15) is 16.8 Å². The van der Waals surface area contributed by atoms with Gasteiger partial charge in [-0.15, -0.1) is 0 Å². The second kappa shape index (κ2) is 5.97. The maximum atomic E-state index is 11.9. The van der Waals surface area contributed by atoms with Crippen molar-refractivity contribution in [1.29, 1.82) is 0 Å². The summed E-state index contributed by atoms with van der Waals surface area (Å²) >= 11 is 0. The molecular weight excluding hydrogens is 300 g/mol. The van der Waals surface area contributed by atoms with Crippen molar-refractivity contribution >= 4 is 5.97 Å². The van der Waals surface area contributed by atoms with Crippen LogP contribution in [-0.4, -0.2) is 72.2 Å². The molecule has 0 aliphatic heterocycles. The Bertz CT molecular complexity index is 550. The highest BCUT2D eigenvalue weighted by atomic mass is 16.6. The van der Waals surface area contributed by atoms with Gasteiger partial charge in [-0.05, 0) is 12.1 Å². The van der Waals surface area contributed by atoms with E-state index in [9.17, 15) is 40.5 Å². The van der Waals surface area contributed by atoms with Crippen molar-refractivity contribution in [2.45, 2.75) is 36.9 Å². The van der Waals surface area contributed by atoms with Crippen LogP contribution < -0.4 is 0 Å². The molecule has 7 N–H and O–H groups in total. The Kier molecular flexibility index (Phi) is 4.42. The van der Waals surface area contributed by atoms with E-state index in [-0.39, 0.29) is 12.0 Å². The normalized spacial score (nSPS) is 31.7. The van der Waals surface area contributed by atoms with Crippen molar-refractivity contribution in [2.24, 2.45) is 0 Å². The van der Waals surface area contributed by atoms with Crippen LogP contribution in [0.15, 0.2) is 12.1 Å². The maximum Gasteiger partial charge on any atom is 0.338 e. The van der Waals surface area contributed by atoms with E-state index in [2.05, 4.69) is 0 Å². The van der Waals surface area contributed by atoms with Gasteiger partial charge >= 0.3 is 5.97 Å². The van der Waals surface area contributed by atoms with Crippen LogP contribution in [0, 0.1) is 0 Å². The average molecular weight is 316 g/mol. The quantitative estimate of drug-likeness (QED) is 0.245. The monoisotopic (exact) mass is 316 g/mol. The zero-order valence-electron chi connectivity index (χ0n) is 11.2. The Labute approximate surface area is 124 Å². The molecule has 1 aromatic rings. The second-order valence-electron chi connectivity index (χ2n) is 5.08. The van der Waals surface area contributed by atoms with Crippen LogP contribution in [0.5, 0.6) is 17.2 Å². The van der Waals surface area contributed by atoms with Gasteiger partial charge in [-0.1, -0.05) is 0 Å². The van der Waals surface area contributed by atoms with E-state index >= 15 is 0 Å². The Morgan fingerprint density at radius 3 is 2.05 bits per heavy atom. The SMILES string of the molecule is O=C(OC1C(O)CC(O)C(O)C1O)c1cc(O)c(O)c(O)c1. The molecule has 0 heterocycles. The highest BCUT2D eigenvalue weighted by molar-refractivity contribution is 5.91. The van der Waals surface area contributed by atoms with E-state index in [1.54, 1.807) is 0 Å². The van der Waals surface area contributed by atoms with Crippen LogP contribution in [0.2, 0.25) is 0 Å². The van der Waals surface area contributed by atoms with Gasteiger partial charge in [0.1, 0.15) is 12.2 Å². The highest BCUT2D eigenvalue weighted by Crippen LogP contribution is 2.36. The number of rotatable bonds is 2. The first-order chi connectivity index (χ1) is 10.2. The molecule has 0 aromatic heterocycles. The third-order valence-electron chi connectivity index (χ3n) is 3.49. The Morgan fingerprint density at radius 2 is 1.50 bits per heavy atom. The maximum absolute atomic E-state index is 11.9. The molecular formula is C13H16O9. The minimum absolute atomic E-state index is 0.303. The van der Waals surface area contributed by atoms with E-state index in [1.165, 1.54) is 0 Å². The molecule has 122 valence electrons. The van der Waals surface area contributed by atoms with Crippen LogP contribution in [0.4, 0.5) is 0 Å². The standard InChI is InChI=1S/C13H16O9/c14-5-1-4(2-6(15)9(5)18)13(21)22-12-8(17)3-7(16)10(19)11(12)20/h1-2,7-8,10-12,14-20H,3H2. The molecule has 5 unspecified atom stereocenters. The fourth-order valence-corrected chi connectivity index (χ4v) is 2.23. The largest absolute Gasteiger partial charge is 0.504 e. The highest BCUT2D eigenvalue weighted by Gasteiger charge is 2.44. The molecule has 1 saturated carbocycles. The van der Waals surface area contributed by atoms with Gasteiger partial charge in [0.05, 0.1) is 17.8 Å². The third kappa shape index (κ3) is 2.92. The van der Waals surface area contributed by atoms with Crippen LogP contribution in [0.3, 0.4) is 0 Å². The van der Waals surface area contributed by atoms with E-state index in [0.29, 0.717) is 0 Å². The predicted octanol–water partition coefficient (Wildman–Crippen LogP) is -1.82. The summed E-state index contributed by atoms with van der Waals surface area (Å²) in [5.41, 5.74) is -0.340. The van der Waals surface area contributed by atoms with Gasteiger partial charge in [0.2, 0.25) is 0 Å². The minimum atomic E-state index is -1.71. The van der Waals surface area contributed by atoms with Crippen molar-refractivity contribution in [2.75, 3.05) is 0 Å². The number of ether oxygens (including phenoxy) is 1. The molecule has 0 bridgehead atoms. The fourth-order valence-electron chi connectivity index (χ4n) is 2.23. The summed E-state index contributed by atoms with van der Waals surface area (Å²) in [5, 5.41) is 66.2. The summed E-state index contributed by atoms with van der Waals surface area (Å²) < 4.78 is 4.86. The number of aliphatic hydroxyl groups excluding tert-OH is 4. The predicted molar refractivity (Wildman–Crippen MR) is 69.3 cm³/mol. The molecule has 1 aliphatic carbocycles. The number of phenols is 3. The summed E-state index contributed by atoms with van der Waals surface area (Å²) in [7, 11) is 0. The van der Waals surface area contributed by atoms with E-state index in [4.69, 9.17) is 4.74 Å². The Balaban J connectivity index is 2.18. The number of aromatic hydroxyl groups is 3. The first-order valence-electron chi connectivity index (χ1n) is 6.40. The van der Waals surface area contributed by atoms with E-state index < -0.39 is 53.7 Å². The average Bonchev–Trinajstić information content (AvgIpc) is 2.46. The van der Waals surface area contributed by atoms with Crippen LogP contribution in [0.25, 0.3) is 0 Å². The van der Waals surface area contributed by atoms with Crippen LogP contribution >= 0.6 is 0 Å². The molecule has 1 aliphatic rings. The summed E-state index contributed by atoms with van der Waals surface area (Å²) in [5.74, 6) is -3.44. The van der Waals surface area contributed by atoms with Crippen LogP contribution in [-0.2, 0) is 4.74 Å². The first-order valence-corrected chi connectivity index (χ1v) is 6.40. The fraction of sp³-hybridized carbons (Fsp3) is 0.462. The van der Waals surface area contributed by atoms with Gasteiger partial charge in [-0.25, -0.2) is 4.79 Å². The molecule has 5 atom stereocenters. The Hall–Kier alpha value is -2.07. The zero-order chi connectivity index (χ0) is 16.6. The molecule has 0 spiro atoms. The third-order valence-corrected chi connectivity index (χ3v) is 3.49. The first kappa shape index (κ1) is 16.3. The summed E-state index contributed by atoms with van der Waals surface area (Å²) in [6, 6.07) is 1.65. The lowest BCUT2D eigenvalue weighted by molar-refractivity contribution is -0.177. The number of aliphatic hydroxyl groups is 4. The van der Waals surface area contributed by atoms with Crippen molar-refractivity contribution in [3.05, 3.63) is 17.7 Å². The lowest BCUT2D eigenvalue weighted by Crippen LogP contribution is -2.57. The molecule has 2 rings (SSSR count). The molecule has 0 saturated heterocycles. The molecule has 1 aromatic carbocycles. The number of hydrogen-bond acceptors (Lipinski definition) is 9. The topological polar surface area (TPSA) is 168 Å². The number of benzene rings is 1. The smallest absolute Gasteiger partial charge is 0.338 e. The van der Waals surface area contributed by atoms with Gasteiger partial charge in [0, 0.05) is 6.42 Å². The number of carbonyl (C=O) groups is 1. The Morgan fingerprint density at radius 1 is 0.955 bits per heavy atom. The summed E-state index contributed by atoms with van der Waals surface area (Å²) in [4.78, 5) is 11.9. The number of hydrogen-bond donors (Lipinski definition) is 7. The van der Waals surface area contributed by atoms with Gasteiger partial charge < -0.3 is 40.5 Å². The van der Waals surface area contributed by atoms with Crippen molar-refractivity contribution in [3.63, 3.8) is 0 Å². The number of phenolic OH excluding ortho intramolecular Hbond substituents is 3. The summed E-state index contributed by atoms with van der Waals surface area (Å²) in [6.07, 6.45) is -7.87. The van der Waals surface area contributed by atoms with Crippen molar-refractivity contribution < 1.29 is 45.3 Å². The second-order valence-corrected chi connectivity index (χ2v) is 5.08. The van der Waals surface area contributed by atoms with Gasteiger partial charge in [0.15, 0.2) is 23.4 Å². The zero-order valence-corrected chi connectivity index (χ0v) is 11.2. The van der Waals surface area contributed by atoms with Crippen molar-refractivity contribution in [1.82, 2.24) is 0 Å².